The summed E-state index contributed by atoms with van der Waals surface area (Å²) in [6.07, 6.45) is 1.60. The molecule has 0 atom stereocenters. The summed E-state index contributed by atoms with van der Waals surface area (Å²) in [5, 5.41) is 6.94. The van der Waals surface area contributed by atoms with Crippen molar-refractivity contribution in [2.75, 3.05) is 5.32 Å². The van der Waals surface area contributed by atoms with Crippen molar-refractivity contribution in [1.29, 1.82) is 0 Å². The molecule has 1 aromatic heterocycles. The molecule has 4 nitrogen and oxygen atoms in total. The van der Waals surface area contributed by atoms with Crippen LogP contribution in [-0.4, -0.2) is 15.7 Å². The molecular weight excluding hydrogens is 373 g/mol. The zero-order valence-electron chi connectivity index (χ0n) is 13.0. The lowest BCUT2D eigenvalue weighted by Gasteiger charge is -2.10. The Labute approximate surface area is 147 Å². The Morgan fingerprint density at radius 2 is 2.08 bits per heavy atom. The number of rotatable bonds is 4. The molecule has 3 aromatic rings. The first-order valence-corrected chi connectivity index (χ1v) is 8.16. The van der Waals surface area contributed by atoms with Crippen LogP contribution in [0, 0.1) is 12.7 Å². The first kappa shape index (κ1) is 16.4. The van der Waals surface area contributed by atoms with Gasteiger partial charge in [0.15, 0.2) is 0 Å². The van der Waals surface area contributed by atoms with E-state index in [4.69, 9.17) is 0 Å². The maximum atomic E-state index is 13.8. The van der Waals surface area contributed by atoms with Gasteiger partial charge in [-0.15, -0.1) is 0 Å². The highest BCUT2D eigenvalue weighted by molar-refractivity contribution is 9.10. The average Bonchev–Trinajstić information content (AvgIpc) is 2.96. The van der Waals surface area contributed by atoms with Crippen LogP contribution in [0.15, 0.2) is 59.2 Å². The zero-order valence-corrected chi connectivity index (χ0v) is 14.5. The van der Waals surface area contributed by atoms with Crippen LogP contribution < -0.4 is 5.32 Å². The van der Waals surface area contributed by atoms with Crippen LogP contribution >= 0.6 is 15.9 Å². The van der Waals surface area contributed by atoms with Gasteiger partial charge >= 0.3 is 0 Å². The fourth-order valence-electron chi connectivity index (χ4n) is 2.40. The van der Waals surface area contributed by atoms with E-state index < -0.39 is 11.7 Å². The number of hydrogen-bond acceptors (Lipinski definition) is 2. The molecule has 0 saturated carbocycles. The van der Waals surface area contributed by atoms with E-state index in [1.165, 1.54) is 12.1 Å². The molecule has 1 amide bonds. The topological polar surface area (TPSA) is 46.9 Å². The van der Waals surface area contributed by atoms with Crippen molar-refractivity contribution in [3.63, 3.8) is 0 Å². The molecule has 122 valence electrons. The molecule has 0 spiro atoms. The van der Waals surface area contributed by atoms with Gasteiger partial charge in [0, 0.05) is 10.5 Å². The molecule has 0 fully saturated rings. The Balaban J connectivity index is 1.80. The largest absolute Gasteiger partial charge is 0.307 e. The lowest BCUT2D eigenvalue weighted by molar-refractivity contribution is 0.102. The van der Waals surface area contributed by atoms with Gasteiger partial charge in [0.2, 0.25) is 0 Å². The van der Waals surface area contributed by atoms with Crippen LogP contribution in [0.4, 0.5) is 10.2 Å². The molecule has 0 aliphatic heterocycles. The summed E-state index contributed by atoms with van der Waals surface area (Å²) >= 11 is 3.24. The number of amides is 1. The number of benzene rings is 2. The predicted molar refractivity (Wildman–Crippen MR) is 94.6 cm³/mol. The summed E-state index contributed by atoms with van der Waals surface area (Å²) in [4.78, 5) is 12.3. The van der Waals surface area contributed by atoms with E-state index in [0.29, 0.717) is 16.8 Å². The molecule has 0 bridgehead atoms. The van der Waals surface area contributed by atoms with E-state index in [1.54, 1.807) is 23.0 Å². The second-order valence-electron chi connectivity index (χ2n) is 5.44. The first-order valence-electron chi connectivity index (χ1n) is 7.37. The molecule has 0 unspecified atom stereocenters. The molecule has 6 heteroatoms. The van der Waals surface area contributed by atoms with Gasteiger partial charge in [-0.3, -0.25) is 4.79 Å². The number of nitrogens with zero attached hydrogens (tertiary/aromatic N) is 2. The summed E-state index contributed by atoms with van der Waals surface area (Å²) in [7, 11) is 0. The van der Waals surface area contributed by atoms with Crippen LogP contribution in [0.3, 0.4) is 0 Å². The van der Waals surface area contributed by atoms with Gasteiger partial charge in [-0.2, -0.15) is 5.10 Å². The van der Waals surface area contributed by atoms with Crippen LogP contribution in [0.2, 0.25) is 0 Å². The predicted octanol–water partition coefficient (Wildman–Crippen LogP) is 4.39. The van der Waals surface area contributed by atoms with Gasteiger partial charge in [-0.25, -0.2) is 9.07 Å². The van der Waals surface area contributed by atoms with Gasteiger partial charge in [0.1, 0.15) is 11.6 Å². The van der Waals surface area contributed by atoms with Crippen LogP contribution in [0.5, 0.6) is 0 Å². The van der Waals surface area contributed by atoms with E-state index in [0.717, 1.165) is 11.1 Å². The minimum Gasteiger partial charge on any atom is -0.307 e. The fraction of sp³-hybridized carbons (Fsp3) is 0.111. The lowest BCUT2D eigenvalue weighted by Crippen LogP contribution is -2.17. The monoisotopic (exact) mass is 387 g/mol. The first-order chi connectivity index (χ1) is 11.5. The molecule has 0 saturated heterocycles. The number of hydrogen-bond donors (Lipinski definition) is 1. The summed E-state index contributed by atoms with van der Waals surface area (Å²) < 4.78 is 16.1. The second kappa shape index (κ2) is 6.97. The van der Waals surface area contributed by atoms with Crippen molar-refractivity contribution < 1.29 is 9.18 Å². The molecule has 0 radical (unpaired) electrons. The molecule has 0 aliphatic rings. The molecule has 0 aliphatic carbocycles. The SMILES string of the molecule is Cc1cccc(Cn2nccc2NC(=O)c2cc(Br)ccc2F)c1. The highest BCUT2D eigenvalue weighted by atomic mass is 79.9. The standard InChI is InChI=1S/C18H15BrFN3O/c1-12-3-2-4-13(9-12)11-23-17(7-8-21-23)22-18(24)15-10-14(19)5-6-16(15)20/h2-10H,11H2,1H3,(H,22,24). The maximum Gasteiger partial charge on any atom is 0.259 e. The Morgan fingerprint density at radius 1 is 1.25 bits per heavy atom. The number of carbonyl (C=O) groups excluding carboxylic acids is 1. The molecular formula is C18H15BrFN3O. The molecule has 24 heavy (non-hydrogen) atoms. The fourth-order valence-corrected chi connectivity index (χ4v) is 2.76. The molecule has 3 rings (SSSR count). The Bertz CT molecular complexity index is 891. The van der Waals surface area contributed by atoms with E-state index in [-0.39, 0.29) is 5.56 Å². The average molecular weight is 388 g/mol. The van der Waals surface area contributed by atoms with Crippen molar-refractivity contribution in [2.24, 2.45) is 0 Å². The minimum absolute atomic E-state index is 0.0207. The number of nitrogens with one attached hydrogen (secondary N) is 1. The number of aromatic nitrogens is 2. The Hall–Kier alpha value is -2.47. The summed E-state index contributed by atoms with van der Waals surface area (Å²) in [5.74, 6) is -0.568. The quantitative estimate of drug-likeness (QED) is 0.721. The second-order valence-corrected chi connectivity index (χ2v) is 6.36. The van der Waals surface area contributed by atoms with Crippen LogP contribution in [0.1, 0.15) is 21.5 Å². The van der Waals surface area contributed by atoms with Crippen molar-refractivity contribution in [2.45, 2.75) is 13.5 Å². The van der Waals surface area contributed by atoms with Gasteiger partial charge in [0.05, 0.1) is 18.3 Å². The molecule has 1 N–H and O–H groups in total. The van der Waals surface area contributed by atoms with E-state index in [2.05, 4.69) is 32.4 Å². The third-order valence-electron chi connectivity index (χ3n) is 3.55. The third kappa shape index (κ3) is 3.71. The number of halogens is 2. The van der Waals surface area contributed by atoms with Crippen molar-refractivity contribution >= 4 is 27.7 Å². The Morgan fingerprint density at radius 3 is 2.88 bits per heavy atom. The van der Waals surface area contributed by atoms with Gasteiger partial charge < -0.3 is 5.32 Å². The van der Waals surface area contributed by atoms with E-state index in [9.17, 15) is 9.18 Å². The van der Waals surface area contributed by atoms with Gasteiger partial charge in [-0.05, 0) is 30.7 Å². The minimum atomic E-state index is -0.569. The third-order valence-corrected chi connectivity index (χ3v) is 4.04. The summed E-state index contributed by atoms with van der Waals surface area (Å²) in [6.45, 7) is 2.54. The number of anilines is 1. The maximum absolute atomic E-state index is 13.8. The Kier molecular flexibility index (Phi) is 4.76. The summed E-state index contributed by atoms with van der Waals surface area (Å²) in [5.41, 5.74) is 2.21. The molecule has 2 aromatic carbocycles. The zero-order chi connectivity index (χ0) is 17.1. The lowest BCUT2D eigenvalue weighted by atomic mass is 10.1. The van der Waals surface area contributed by atoms with Crippen LogP contribution in [-0.2, 0) is 6.54 Å². The van der Waals surface area contributed by atoms with E-state index in [1.807, 2.05) is 25.1 Å². The smallest absolute Gasteiger partial charge is 0.259 e. The normalized spacial score (nSPS) is 10.6. The summed E-state index contributed by atoms with van der Waals surface area (Å²) in [6, 6.07) is 14.0. The highest BCUT2D eigenvalue weighted by Crippen LogP contribution is 2.18. The number of carbonyl (C=O) groups is 1. The molecule has 1 heterocycles. The number of aryl methyl sites for hydroxylation is 1. The van der Waals surface area contributed by atoms with E-state index >= 15 is 0 Å². The van der Waals surface area contributed by atoms with Crippen molar-refractivity contribution in [3.05, 3.63) is 81.7 Å². The van der Waals surface area contributed by atoms with Gasteiger partial charge in [-0.1, -0.05) is 45.8 Å². The van der Waals surface area contributed by atoms with Crippen molar-refractivity contribution in [3.8, 4) is 0 Å². The van der Waals surface area contributed by atoms with Crippen LogP contribution in [0.25, 0.3) is 0 Å². The van der Waals surface area contributed by atoms with Crippen molar-refractivity contribution in [1.82, 2.24) is 9.78 Å². The highest BCUT2D eigenvalue weighted by Gasteiger charge is 2.14. The van der Waals surface area contributed by atoms with Gasteiger partial charge in [0.25, 0.3) is 5.91 Å².